The fraction of sp³-hybridized carbons (Fsp3) is 0.320. The van der Waals surface area contributed by atoms with Crippen LogP contribution in [0.2, 0.25) is 0 Å². The fourth-order valence-corrected chi connectivity index (χ4v) is 4.66. The maximum Gasteiger partial charge on any atom is 0.217 e. The molecule has 1 saturated heterocycles. The third-order valence-electron chi connectivity index (χ3n) is 6.50. The number of anilines is 1. The maximum atomic E-state index is 11.5. The number of amides is 1. The first-order valence-corrected chi connectivity index (χ1v) is 11.3. The molecule has 172 valence electrons. The summed E-state index contributed by atoms with van der Waals surface area (Å²) >= 11 is 0. The second-order valence-corrected chi connectivity index (χ2v) is 9.14. The lowest BCUT2D eigenvalue weighted by Crippen LogP contribution is -2.53. The lowest BCUT2D eigenvalue weighted by Gasteiger charge is -2.40. The van der Waals surface area contributed by atoms with Crippen molar-refractivity contribution >= 4 is 17.2 Å². The van der Waals surface area contributed by atoms with Gasteiger partial charge in [-0.1, -0.05) is 0 Å². The summed E-state index contributed by atoms with van der Waals surface area (Å²) in [6.07, 6.45) is 10.9. The molecule has 0 atom stereocenters. The normalized spacial score (nSPS) is 15.3. The van der Waals surface area contributed by atoms with Gasteiger partial charge in [-0.05, 0) is 38.0 Å². The number of hydrogen-bond acceptors (Lipinski definition) is 6. The predicted molar refractivity (Wildman–Crippen MR) is 129 cm³/mol. The fourth-order valence-electron chi connectivity index (χ4n) is 4.66. The first-order valence-electron chi connectivity index (χ1n) is 11.3. The molecule has 0 aliphatic carbocycles. The molecule has 5 rings (SSSR count). The number of nitrogens with zero attached hydrogens (tertiary/aromatic N) is 7. The first-order chi connectivity index (χ1) is 16.3. The lowest BCUT2D eigenvalue weighted by molar-refractivity contribution is -0.120. The van der Waals surface area contributed by atoms with Gasteiger partial charge in [0.1, 0.15) is 11.9 Å². The van der Waals surface area contributed by atoms with E-state index in [0.717, 1.165) is 59.5 Å². The van der Waals surface area contributed by atoms with Crippen LogP contribution in [0, 0.1) is 11.3 Å². The summed E-state index contributed by atoms with van der Waals surface area (Å²) in [6.45, 7) is 5.31. The first kappa shape index (κ1) is 21.6. The highest BCUT2D eigenvalue weighted by atomic mass is 16.1. The zero-order chi connectivity index (χ0) is 23.9. The van der Waals surface area contributed by atoms with E-state index in [1.165, 1.54) is 0 Å². The van der Waals surface area contributed by atoms with E-state index < -0.39 is 0 Å². The number of piperidine rings is 1. The lowest BCUT2D eigenvalue weighted by atomic mass is 9.89. The van der Waals surface area contributed by atoms with Gasteiger partial charge in [-0.2, -0.15) is 15.5 Å². The van der Waals surface area contributed by atoms with Crippen molar-refractivity contribution in [1.29, 1.82) is 5.26 Å². The maximum absolute atomic E-state index is 11.5. The number of hydrogen-bond donors (Lipinski definition) is 1. The number of aromatic nitrogens is 5. The number of carbonyl (C=O) groups excluding carboxylic acids is 1. The van der Waals surface area contributed by atoms with Gasteiger partial charge in [0.25, 0.3) is 0 Å². The molecule has 1 aliphatic heterocycles. The Morgan fingerprint density at radius 2 is 1.88 bits per heavy atom. The van der Waals surface area contributed by atoms with Crippen molar-refractivity contribution in [2.75, 3.05) is 18.0 Å². The summed E-state index contributed by atoms with van der Waals surface area (Å²) < 4.78 is 3.51. The number of nitriles is 1. The number of carbonyl (C=O) groups is 1. The number of fused-ring (bicyclic) bond motifs is 1. The Kier molecular flexibility index (Phi) is 5.28. The van der Waals surface area contributed by atoms with Crippen molar-refractivity contribution in [3.05, 3.63) is 54.7 Å². The molecule has 0 bridgehead atoms. The molecular weight excluding hydrogens is 428 g/mol. The van der Waals surface area contributed by atoms with Gasteiger partial charge in [0.05, 0.1) is 23.5 Å². The average molecular weight is 455 g/mol. The van der Waals surface area contributed by atoms with Gasteiger partial charge >= 0.3 is 0 Å². The molecule has 0 spiro atoms. The van der Waals surface area contributed by atoms with E-state index in [0.29, 0.717) is 5.56 Å². The average Bonchev–Trinajstić information content (AvgIpc) is 3.44. The second-order valence-electron chi connectivity index (χ2n) is 9.14. The van der Waals surface area contributed by atoms with Gasteiger partial charge in [0, 0.05) is 73.4 Å². The predicted octanol–water partition coefficient (Wildman–Crippen LogP) is 3.16. The molecule has 1 amide bonds. The summed E-state index contributed by atoms with van der Waals surface area (Å²) in [5.41, 5.74) is 4.85. The molecule has 1 fully saturated rings. The van der Waals surface area contributed by atoms with Gasteiger partial charge in [-0.3, -0.25) is 9.48 Å². The number of nitrogens with one attached hydrogen (secondary N) is 1. The molecule has 0 unspecified atom stereocenters. The zero-order valence-corrected chi connectivity index (χ0v) is 19.5. The van der Waals surface area contributed by atoms with E-state index in [1.54, 1.807) is 22.3 Å². The van der Waals surface area contributed by atoms with Crippen LogP contribution in [0.5, 0.6) is 0 Å². The van der Waals surface area contributed by atoms with Crippen LogP contribution in [-0.4, -0.2) is 48.9 Å². The van der Waals surface area contributed by atoms with Crippen molar-refractivity contribution in [3.8, 4) is 28.3 Å². The molecule has 4 aromatic rings. The van der Waals surface area contributed by atoms with Gasteiger partial charge < -0.3 is 10.2 Å². The number of aryl methyl sites for hydroxylation is 1. The highest BCUT2D eigenvalue weighted by molar-refractivity contribution is 5.87. The molecule has 1 aliphatic rings. The third-order valence-corrected chi connectivity index (χ3v) is 6.50. The number of rotatable bonds is 4. The van der Waals surface area contributed by atoms with Gasteiger partial charge in [-0.15, -0.1) is 0 Å². The minimum atomic E-state index is -0.170. The summed E-state index contributed by atoms with van der Waals surface area (Å²) in [5.74, 6) is 0.914. The topological polar surface area (TPSA) is 104 Å². The molecule has 9 nitrogen and oxygen atoms in total. The number of pyridine rings is 2. The van der Waals surface area contributed by atoms with Crippen LogP contribution in [0.1, 0.15) is 32.3 Å². The molecular formula is C25H26N8O. The zero-order valence-electron chi connectivity index (χ0n) is 19.5. The molecule has 34 heavy (non-hydrogen) atoms. The van der Waals surface area contributed by atoms with Crippen LogP contribution in [0.4, 0.5) is 5.82 Å². The Balaban J connectivity index is 1.47. The molecule has 5 heterocycles. The minimum Gasteiger partial charge on any atom is -0.356 e. The largest absolute Gasteiger partial charge is 0.356 e. The van der Waals surface area contributed by atoms with E-state index >= 15 is 0 Å². The summed E-state index contributed by atoms with van der Waals surface area (Å²) in [4.78, 5) is 18.5. The van der Waals surface area contributed by atoms with Crippen molar-refractivity contribution in [3.63, 3.8) is 0 Å². The molecule has 1 N–H and O–H groups in total. The summed E-state index contributed by atoms with van der Waals surface area (Å²) in [6, 6.07) is 8.37. The Morgan fingerprint density at radius 3 is 2.50 bits per heavy atom. The molecule has 9 heteroatoms. The molecule has 4 aromatic heterocycles. The van der Waals surface area contributed by atoms with E-state index in [-0.39, 0.29) is 11.4 Å². The van der Waals surface area contributed by atoms with E-state index in [4.69, 9.17) is 4.98 Å². The van der Waals surface area contributed by atoms with Crippen molar-refractivity contribution in [2.45, 2.75) is 32.2 Å². The van der Waals surface area contributed by atoms with Gasteiger partial charge in [0.2, 0.25) is 5.91 Å². The van der Waals surface area contributed by atoms with Crippen LogP contribution in [0.15, 0.2) is 49.2 Å². The van der Waals surface area contributed by atoms with Crippen LogP contribution >= 0.6 is 0 Å². The molecule has 0 saturated carbocycles. The summed E-state index contributed by atoms with van der Waals surface area (Å²) in [7, 11) is 1.88. The third kappa shape index (κ3) is 3.99. The van der Waals surface area contributed by atoms with Crippen molar-refractivity contribution < 1.29 is 4.79 Å². The minimum absolute atomic E-state index is 0.00914. The van der Waals surface area contributed by atoms with Gasteiger partial charge in [-0.25, -0.2) is 9.50 Å². The Bertz CT molecular complexity index is 1400. The van der Waals surface area contributed by atoms with Crippen molar-refractivity contribution in [2.24, 2.45) is 7.05 Å². The SMILES string of the molecule is CC(=O)NC1(C)CCN(c2ccc(-c3cc(-c4cnn(C)c4)cn4ncc(C#N)c34)cn2)CC1. The molecule has 0 aromatic carbocycles. The van der Waals surface area contributed by atoms with E-state index in [1.807, 2.05) is 44.0 Å². The molecule has 0 radical (unpaired) electrons. The highest BCUT2D eigenvalue weighted by Gasteiger charge is 2.31. The quantitative estimate of drug-likeness (QED) is 0.508. The Morgan fingerprint density at radius 1 is 1.09 bits per heavy atom. The van der Waals surface area contributed by atoms with Crippen LogP contribution in [0.3, 0.4) is 0 Å². The van der Waals surface area contributed by atoms with Gasteiger partial charge in [0.15, 0.2) is 0 Å². The Hall–Kier alpha value is -4.19. The van der Waals surface area contributed by atoms with E-state index in [9.17, 15) is 10.1 Å². The van der Waals surface area contributed by atoms with Crippen molar-refractivity contribution in [1.82, 2.24) is 29.7 Å². The van der Waals surface area contributed by atoms with E-state index in [2.05, 4.69) is 39.5 Å². The van der Waals surface area contributed by atoms with Crippen LogP contribution in [-0.2, 0) is 11.8 Å². The highest BCUT2D eigenvalue weighted by Crippen LogP contribution is 2.33. The smallest absolute Gasteiger partial charge is 0.217 e. The monoisotopic (exact) mass is 454 g/mol. The van der Waals surface area contributed by atoms with Crippen LogP contribution in [0.25, 0.3) is 27.8 Å². The second kappa shape index (κ2) is 8.30. The van der Waals surface area contributed by atoms with Crippen LogP contribution < -0.4 is 10.2 Å². The Labute approximate surface area is 197 Å². The standard InChI is InChI=1S/C25H26N8O/c1-17(34)30-25(2)6-8-32(9-7-25)23-5-4-18(12-27-23)22-10-19(21-14-28-31(3)15-21)16-33-24(22)20(11-26)13-29-33/h4-5,10,12-16H,6-9H2,1-3H3,(H,30,34). The summed E-state index contributed by atoms with van der Waals surface area (Å²) in [5, 5.41) is 21.4.